The highest BCUT2D eigenvalue weighted by atomic mass is 35.5. The van der Waals surface area contributed by atoms with Gasteiger partial charge in [-0.05, 0) is 35.9 Å². The number of rotatable bonds is 5. The third-order valence-corrected chi connectivity index (χ3v) is 5.23. The maximum Gasteiger partial charge on any atom is 0.259 e. The molecule has 1 aliphatic rings. The smallest absolute Gasteiger partial charge is 0.259 e. The van der Waals surface area contributed by atoms with Crippen molar-refractivity contribution in [3.8, 4) is 0 Å². The number of thioether (sulfide) groups is 1. The lowest BCUT2D eigenvalue weighted by Crippen LogP contribution is -2.19. The predicted octanol–water partition coefficient (Wildman–Crippen LogP) is 3.75. The van der Waals surface area contributed by atoms with Gasteiger partial charge in [0.1, 0.15) is 0 Å². The molecule has 0 aromatic heterocycles. The van der Waals surface area contributed by atoms with Crippen LogP contribution in [0.3, 0.4) is 0 Å². The number of nitrogens with one attached hydrogen (secondary N) is 2. The van der Waals surface area contributed by atoms with Gasteiger partial charge in [-0.3, -0.25) is 19.7 Å². The molecule has 2 aromatic rings. The molecule has 0 unspecified atom stereocenters. The van der Waals surface area contributed by atoms with Gasteiger partial charge in [-0.25, -0.2) is 0 Å². The van der Waals surface area contributed by atoms with Gasteiger partial charge in [-0.2, -0.15) is 0 Å². The van der Waals surface area contributed by atoms with Crippen molar-refractivity contribution in [1.29, 1.82) is 0 Å². The minimum absolute atomic E-state index is 0.198. The summed E-state index contributed by atoms with van der Waals surface area (Å²) in [5.41, 5.74) is 1.82. The second-order valence-corrected chi connectivity index (χ2v) is 7.08. The maximum absolute atomic E-state index is 12.1. The normalized spacial score (nSPS) is 12.7. The molecule has 0 bridgehead atoms. The molecule has 0 saturated heterocycles. The quantitative estimate of drug-likeness (QED) is 0.757. The number of fused-ring (bicyclic) bond motifs is 1. The number of amides is 3. The Bertz CT molecular complexity index is 866. The third kappa shape index (κ3) is 3.98. The van der Waals surface area contributed by atoms with E-state index >= 15 is 0 Å². The molecule has 0 spiro atoms. The van der Waals surface area contributed by atoms with E-state index in [4.69, 9.17) is 23.2 Å². The summed E-state index contributed by atoms with van der Waals surface area (Å²) in [7, 11) is 0. The fourth-order valence-corrected chi connectivity index (χ4v) is 3.92. The van der Waals surface area contributed by atoms with Crippen LogP contribution in [0.1, 0.15) is 26.3 Å². The van der Waals surface area contributed by atoms with Gasteiger partial charge in [0.2, 0.25) is 5.91 Å². The van der Waals surface area contributed by atoms with Crippen molar-refractivity contribution in [2.24, 2.45) is 0 Å². The first kappa shape index (κ1) is 17.8. The highest BCUT2D eigenvalue weighted by Gasteiger charge is 2.26. The molecule has 3 amide bonds. The molecule has 3 rings (SSSR count). The largest absolute Gasteiger partial charge is 0.325 e. The van der Waals surface area contributed by atoms with Crippen molar-refractivity contribution < 1.29 is 14.4 Å². The SMILES string of the molecule is O=C(CSCc1c(Cl)cccc1Cl)Nc1ccc2c(c1)C(=O)NC2=O. The van der Waals surface area contributed by atoms with Crippen LogP contribution in [-0.2, 0) is 10.5 Å². The lowest BCUT2D eigenvalue weighted by molar-refractivity contribution is -0.113. The number of benzene rings is 2. The average molecular weight is 395 g/mol. The lowest BCUT2D eigenvalue weighted by Gasteiger charge is -2.08. The number of carbonyl (C=O) groups is 3. The molecule has 2 N–H and O–H groups in total. The molecule has 128 valence electrons. The zero-order valence-electron chi connectivity index (χ0n) is 12.8. The van der Waals surface area contributed by atoms with Crippen LogP contribution in [-0.4, -0.2) is 23.5 Å². The van der Waals surface area contributed by atoms with Crippen molar-refractivity contribution in [2.45, 2.75) is 5.75 Å². The van der Waals surface area contributed by atoms with E-state index in [2.05, 4.69) is 10.6 Å². The number of imide groups is 1. The molecule has 8 heteroatoms. The Morgan fingerprint density at radius 3 is 2.44 bits per heavy atom. The van der Waals surface area contributed by atoms with Crippen LogP contribution in [0, 0.1) is 0 Å². The minimum atomic E-state index is -0.459. The number of halogens is 2. The highest BCUT2D eigenvalue weighted by Crippen LogP contribution is 2.28. The van der Waals surface area contributed by atoms with Crippen LogP contribution in [0.4, 0.5) is 5.69 Å². The van der Waals surface area contributed by atoms with Crippen molar-refractivity contribution in [2.75, 3.05) is 11.1 Å². The fraction of sp³-hybridized carbons (Fsp3) is 0.118. The summed E-state index contributed by atoms with van der Waals surface area (Å²) in [6, 6.07) is 9.86. The Morgan fingerprint density at radius 1 is 1.04 bits per heavy atom. The first-order valence-electron chi connectivity index (χ1n) is 7.26. The molecule has 0 fully saturated rings. The lowest BCUT2D eigenvalue weighted by atomic mass is 10.1. The van der Waals surface area contributed by atoms with Crippen LogP contribution < -0.4 is 10.6 Å². The van der Waals surface area contributed by atoms with Crippen molar-refractivity contribution in [1.82, 2.24) is 5.32 Å². The zero-order chi connectivity index (χ0) is 18.0. The van der Waals surface area contributed by atoms with Crippen LogP contribution in [0.15, 0.2) is 36.4 Å². The Hall–Kier alpha value is -2.02. The van der Waals surface area contributed by atoms with Crippen LogP contribution in [0.5, 0.6) is 0 Å². The van der Waals surface area contributed by atoms with Gasteiger partial charge in [-0.1, -0.05) is 29.3 Å². The average Bonchev–Trinajstić information content (AvgIpc) is 2.84. The molecule has 0 radical (unpaired) electrons. The highest BCUT2D eigenvalue weighted by molar-refractivity contribution is 7.99. The summed E-state index contributed by atoms with van der Waals surface area (Å²) in [6.07, 6.45) is 0. The van der Waals surface area contributed by atoms with Gasteiger partial charge in [-0.15, -0.1) is 11.8 Å². The van der Waals surface area contributed by atoms with E-state index in [1.54, 1.807) is 24.3 Å². The van der Waals surface area contributed by atoms with Gasteiger partial charge in [0.25, 0.3) is 11.8 Å². The van der Waals surface area contributed by atoms with Crippen molar-refractivity contribution >= 4 is 58.4 Å². The van der Waals surface area contributed by atoms with E-state index in [1.807, 2.05) is 0 Å². The summed E-state index contributed by atoms with van der Waals surface area (Å²) < 4.78 is 0. The summed E-state index contributed by atoms with van der Waals surface area (Å²) >= 11 is 13.6. The fourth-order valence-electron chi connectivity index (χ4n) is 2.36. The predicted molar refractivity (Wildman–Crippen MR) is 99.5 cm³/mol. The summed E-state index contributed by atoms with van der Waals surface area (Å²) in [5, 5.41) is 6.04. The maximum atomic E-state index is 12.1. The van der Waals surface area contributed by atoms with E-state index in [0.29, 0.717) is 27.0 Å². The number of anilines is 1. The number of hydrogen-bond donors (Lipinski definition) is 2. The van der Waals surface area contributed by atoms with E-state index in [9.17, 15) is 14.4 Å². The molecule has 0 saturated carbocycles. The van der Waals surface area contributed by atoms with Crippen LogP contribution in [0.2, 0.25) is 10.0 Å². The van der Waals surface area contributed by atoms with E-state index in [1.165, 1.54) is 23.9 Å². The Morgan fingerprint density at radius 2 is 1.72 bits per heavy atom. The first-order valence-corrected chi connectivity index (χ1v) is 9.17. The zero-order valence-corrected chi connectivity index (χ0v) is 15.1. The van der Waals surface area contributed by atoms with E-state index in [-0.39, 0.29) is 17.2 Å². The molecule has 2 aromatic carbocycles. The van der Waals surface area contributed by atoms with Crippen LogP contribution >= 0.6 is 35.0 Å². The second kappa shape index (κ2) is 7.47. The molecule has 5 nitrogen and oxygen atoms in total. The van der Waals surface area contributed by atoms with E-state index < -0.39 is 11.8 Å². The van der Waals surface area contributed by atoms with E-state index in [0.717, 1.165) is 5.56 Å². The second-order valence-electron chi connectivity index (χ2n) is 5.28. The molecule has 1 aliphatic heterocycles. The number of carbonyl (C=O) groups excluding carboxylic acids is 3. The van der Waals surface area contributed by atoms with Gasteiger partial charge < -0.3 is 5.32 Å². The molecule has 0 atom stereocenters. The summed E-state index contributed by atoms with van der Waals surface area (Å²) in [4.78, 5) is 35.2. The molecule has 0 aliphatic carbocycles. The van der Waals surface area contributed by atoms with Gasteiger partial charge in [0.15, 0.2) is 0 Å². The molecule has 25 heavy (non-hydrogen) atoms. The monoisotopic (exact) mass is 394 g/mol. The van der Waals surface area contributed by atoms with Gasteiger partial charge >= 0.3 is 0 Å². The Balaban J connectivity index is 1.58. The summed E-state index contributed by atoms with van der Waals surface area (Å²) in [6.45, 7) is 0. The molecular weight excluding hydrogens is 383 g/mol. The van der Waals surface area contributed by atoms with Gasteiger partial charge in [0.05, 0.1) is 16.9 Å². The third-order valence-electron chi connectivity index (χ3n) is 3.56. The van der Waals surface area contributed by atoms with Crippen molar-refractivity contribution in [3.63, 3.8) is 0 Å². The van der Waals surface area contributed by atoms with Crippen molar-refractivity contribution in [3.05, 3.63) is 63.1 Å². The minimum Gasteiger partial charge on any atom is -0.325 e. The summed E-state index contributed by atoms with van der Waals surface area (Å²) in [5.74, 6) is -0.404. The standard InChI is InChI=1S/C17H12Cl2N2O3S/c18-13-2-1-3-14(19)12(13)7-25-8-15(22)20-9-4-5-10-11(6-9)17(24)21-16(10)23/h1-6H,7-8H2,(H,20,22)(H,21,23,24). The molecule has 1 heterocycles. The van der Waals surface area contributed by atoms with Gasteiger partial charge in [0, 0.05) is 21.5 Å². The number of hydrogen-bond acceptors (Lipinski definition) is 4. The first-order chi connectivity index (χ1) is 12.0. The van der Waals surface area contributed by atoms with Crippen LogP contribution in [0.25, 0.3) is 0 Å². The Kier molecular flexibility index (Phi) is 5.32. The molecular formula is C17H12Cl2N2O3S. The topological polar surface area (TPSA) is 75.3 Å². The Labute approximate surface area is 158 Å².